The van der Waals surface area contributed by atoms with E-state index < -0.39 is 17.1 Å². The zero-order chi connectivity index (χ0) is 5.70. The third kappa shape index (κ3) is 4.12. The van der Waals surface area contributed by atoms with E-state index >= 15 is 0 Å². The molecule has 0 bridgehead atoms. The predicted molar refractivity (Wildman–Crippen MR) is 28.9 cm³/mol. The van der Waals surface area contributed by atoms with Gasteiger partial charge in [0.05, 0.1) is 0 Å². The fourth-order valence-corrected chi connectivity index (χ4v) is 0.860. The van der Waals surface area contributed by atoms with Crippen LogP contribution >= 0.6 is 0 Å². The van der Waals surface area contributed by atoms with Crippen molar-refractivity contribution in [3.8, 4) is 0 Å². The molecule has 0 amide bonds. The molecule has 0 aromatic heterocycles. The summed E-state index contributed by atoms with van der Waals surface area (Å²) >= 11 is -1.08. The van der Waals surface area contributed by atoms with Crippen LogP contribution in [0.2, 0.25) is 0 Å². The van der Waals surface area contributed by atoms with E-state index in [-0.39, 0.29) is 0 Å². The molecule has 1 radical (unpaired) electrons. The molecule has 43 valence electrons. The normalized spacial score (nSPS) is 14.1. The molecule has 0 spiro atoms. The zero-order valence-electron chi connectivity index (χ0n) is 4.35. The van der Waals surface area contributed by atoms with Gasteiger partial charge in [-0.25, -0.2) is 0 Å². The van der Waals surface area contributed by atoms with Crippen molar-refractivity contribution in [1.29, 1.82) is 0 Å². The van der Waals surface area contributed by atoms with Gasteiger partial charge >= 0.3 is 0 Å². The molecule has 0 heterocycles. The van der Waals surface area contributed by atoms with Gasteiger partial charge in [-0.05, 0) is 17.6 Å². The Kier molecular flexibility index (Phi) is 4.60. The summed E-state index contributed by atoms with van der Waals surface area (Å²) in [5.74, 6) is 0.122. The smallest absolute Gasteiger partial charge is 0.236 e. The van der Waals surface area contributed by atoms with Crippen LogP contribution in [-0.4, -0.2) is 16.2 Å². The molecule has 7 heavy (non-hydrogen) atoms. The van der Waals surface area contributed by atoms with Crippen LogP contribution in [-0.2, 0) is 16.3 Å². The van der Waals surface area contributed by atoms with Gasteiger partial charge in [-0.1, -0.05) is 6.92 Å². The Labute approximate surface area is 46.7 Å². The SMILES string of the molecule is CCC[S+]([O-])C[O]. The van der Waals surface area contributed by atoms with Gasteiger partial charge in [-0.15, -0.1) is 0 Å². The number of hydrogen-bond acceptors (Lipinski definition) is 1. The molecule has 1 atom stereocenters. The molecule has 0 rings (SSSR count). The van der Waals surface area contributed by atoms with E-state index in [9.17, 15) is 9.66 Å². The molecule has 0 aliphatic carbocycles. The molecule has 1 unspecified atom stereocenters. The van der Waals surface area contributed by atoms with Crippen LogP contribution < -0.4 is 0 Å². The number of hydrogen-bond donors (Lipinski definition) is 0. The lowest BCUT2D eigenvalue weighted by Crippen LogP contribution is -2.07. The van der Waals surface area contributed by atoms with Crippen molar-refractivity contribution in [3.63, 3.8) is 0 Å². The van der Waals surface area contributed by atoms with Crippen molar-refractivity contribution in [1.82, 2.24) is 0 Å². The van der Waals surface area contributed by atoms with Crippen LogP contribution in [0.4, 0.5) is 0 Å². The lowest BCUT2D eigenvalue weighted by Gasteiger charge is -2.01. The van der Waals surface area contributed by atoms with Crippen LogP contribution in [0, 0.1) is 0 Å². The first kappa shape index (κ1) is 7.27. The minimum atomic E-state index is -1.08. The highest BCUT2D eigenvalue weighted by Crippen LogP contribution is 1.89. The molecule has 0 saturated carbocycles. The average Bonchev–Trinajstić information content (AvgIpc) is 1.68. The van der Waals surface area contributed by atoms with Crippen molar-refractivity contribution < 1.29 is 9.66 Å². The van der Waals surface area contributed by atoms with Gasteiger partial charge in [-0.3, -0.25) is 0 Å². The Morgan fingerprint density at radius 1 is 1.71 bits per heavy atom. The fraction of sp³-hybridized carbons (Fsp3) is 1.00. The molecular formula is C4H9O2S. The summed E-state index contributed by atoms with van der Waals surface area (Å²) in [5, 5.41) is 9.72. The Balaban J connectivity index is 2.83. The maximum Gasteiger partial charge on any atom is 0.236 e. The molecule has 0 aromatic rings. The van der Waals surface area contributed by atoms with Crippen LogP contribution in [0.15, 0.2) is 0 Å². The summed E-state index contributed by atoms with van der Waals surface area (Å²) in [5.41, 5.74) is 0. The first-order valence-electron chi connectivity index (χ1n) is 2.24. The fourth-order valence-electron chi connectivity index (χ4n) is 0.287. The molecule has 0 aliphatic rings. The predicted octanol–water partition coefficient (Wildman–Crippen LogP) is 0.533. The standard InChI is InChI=1S/C4H9O2S/c1-2-3-7(6)4-5/h2-4H2,1H3. The van der Waals surface area contributed by atoms with Crippen molar-refractivity contribution in [2.45, 2.75) is 13.3 Å². The third-order valence-corrected chi connectivity index (χ3v) is 1.69. The van der Waals surface area contributed by atoms with Gasteiger partial charge in [0.1, 0.15) is 5.75 Å². The Bertz CT molecular complexity index is 40.7. The van der Waals surface area contributed by atoms with E-state index in [1.54, 1.807) is 0 Å². The second-order valence-electron chi connectivity index (χ2n) is 1.26. The van der Waals surface area contributed by atoms with Crippen LogP contribution in [0.3, 0.4) is 0 Å². The summed E-state index contributed by atoms with van der Waals surface area (Å²) in [4.78, 5) is 0. The lowest BCUT2D eigenvalue weighted by atomic mass is 10.6. The third-order valence-electron chi connectivity index (χ3n) is 0.563. The first-order chi connectivity index (χ1) is 3.31. The van der Waals surface area contributed by atoms with Crippen molar-refractivity contribution in [2.75, 3.05) is 11.7 Å². The minimum Gasteiger partial charge on any atom is -0.614 e. The monoisotopic (exact) mass is 121 g/mol. The van der Waals surface area contributed by atoms with E-state index in [2.05, 4.69) is 0 Å². The molecule has 0 saturated heterocycles. The highest BCUT2D eigenvalue weighted by atomic mass is 32.2. The summed E-state index contributed by atoms with van der Waals surface area (Å²) < 4.78 is 10.2. The Hall–Kier alpha value is 0.270. The molecule has 3 heteroatoms. The second-order valence-corrected chi connectivity index (χ2v) is 2.79. The summed E-state index contributed by atoms with van der Waals surface area (Å²) in [7, 11) is 0. The van der Waals surface area contributed by atoms with E-state index in [1.165, 1.54) is 0 Å². The average molecular weight is 121 g/mol. The molecule has 0 aliphatic heterocycles. The van der Waals surface area contributed by atoms with E-state index in [0.29, 0.717) is 5.75 Å². The van der Waals surface area contributed by atoms with Crippen LogP contribution in [0.1, 0.15) is 13.3 Å². The summed E-state index contributed by atoms with van der Waals surface area (Å²) in [6.45, 7) is 1.91. The van der Waals surface area contributed by atoms with Crippen LogP contribution in [0.5, 0.6) is 0 Å². The van der Waals surface area contributed by atoms with E-state index in [4.69, 9.17) is 0 Å². The largest absolute Gasteiger partial charge is 0.614 e. The van der Waals surface area contributed by atoms with Crippen molar-refractivity contribution in [3.05, 3.63) is 0 Å². The highest BCUT2D eigenvalue weighted by molar-refractivity contribution is 7.91. The van der Waals surface area contributed by atoms with E-state index in [0.717, 1.165) is 6.42 Å². The van der Waals surface area contributed by atoms with E-state index in [1.807, 2.05) is 6.92 Å². The van der Waals surface area contributed by atoms with Crippen molar-refractivity contribution >= 4 is 11.2 Å². The Morgan fingerprint density at radius 3 is 2.43 bits per heavy atom. The van der Waals surface area contributed by atoms with Gasteiger partial charge < -0.3 is 4.55 Å². The van der Waals surface area contributed by atoms with Gasteiger partial charge in [0.15, 0.2) is 0 Å². The molecule has 2 nitrogen and oxygen atoms in total. The van der Waals surface area contributed by atoms with Gasteiger partial charge in [0, 0.05) is 0 Å². The lowest BCUT2D eigenvalue weighted by molar-refractivity contribution is 0.250. The molecule has 0 fully saturated rings. The van der Waals surface area contributed by atoms with Gasteiger partial charge in [0.2, 0.25) is 5.94 Å². The maximum atomic E-state index is 10.2. The second kappa shape index (κ2) is 4.43. The quantitative estimate of drug-likeness (QED) is 0.502. The summed E-state index contributed by atoms with van der Waals surface area (Å²) in [6, 6.07) is 0. The Morgan fingerprint density at radius 2 is 2.29 bits per heavy atom. The molecule has 0 aromatic carbocycles. The number of rotatable bonds is 3. The highest BCUT2D eigenvalue weighted by Gasteiger charge is 1.98. The molecular weight excluding hydrogens is 112 g/mol. The minimum absolute atomic E-state index is 0.437. The zero-order valence-corrected chi connectivity index (χ0v) is 5.16. The van der Waals surface area contributed by atoms with Crippen LogP contribution in [0.25, 0.3) is 0 Å². The summed E-state index contributed by atoms with van der Waals surface area (Å²) in [6.07, 6.45) is 0.842. The van der Waals surface area contributed by atoms with Gasteiger partial charge in [-0.2, -0.15) is 5.11 Å². The maximum absolute atomic E-state index is 10.2. The topological polar surface area (TPSA) is 43.0 Å². The molecule has 0 N–H and O–H groups in total. The van der Waals surface area contributed by atoms with Crippen molar-refractivity contribution in [2.24, 2.45) is 0 Å². The first-order valence-corrected chi connectivity index (χ1v) is 3.73. The van der Waals surface area contributed by atoms with Gasteiger partial charge in [0.25, 0.3) is 0 Å².